The van der Waals surface area contributed by atoms with E-state index in [1.165, 1.54) is 15.8 Å². The first-order chi connectivity index (χ1) is 12.3. The van der Waals surface area contributed by atoms with Crippen molar-refractivity contribution in [1.82, 2.24) is 9.21 Å². The molecule has 6 heteroatoms. The Labute approximate surface area is 155 Å². The van der Waals surface area contributed by atoms with Crippen LogP contribution in [0.3, 0.4) is 0 Å². The number of halogens is 1. The highest BCUT2D eigenvalue weighted by Crippen LogP contribution is 2.15. The van der Waals surface area contributed by atoms with Gasteiger partial charge in [0.1, 0.15) is 5.82 Å². The summed E-state index contributed by atoms with van der Waals surface area (Å²) in [5.41, 5.74) is 2.27. The van der Waals surface area contributed by atoms with Gasteiger partial charge in [-0.1, -0.05) is 48.0 Å². The molecular weight excluding hydrogens is 351 g/mol. The Morgan fingerprint density at radius 1 is 1.00 bits per heavy atom. The zero-order chi connectivity index (χ0) is 19.2. The van der Waals surface area contributed by atoms with E-state index in [0.29, 0.717) is 12.1 Å². The maximum atomic E-state index is 14.0. The van der Waals surface area contributed by atoms with Crippen LogP contribution in [0, 0.1) is 12.7 Å². The van der Waals surface area contributed by atoms with Gasteiger partial charge in [-0.3, -0.25) is 0 Å². The summed E-state index contributed by atoms with van der Waals surface area (Å²) in [5, 5.41) is 1.19. The number of likely N-dealkylation sites (N-methyl/N-ethyl adjacent to an activating group) is 1. The fourth-order valence-corrected chi connectivity index (χ4v) is 3.51. The third kappa shape index (κ3) is 6.05. The van der Waals surface area contributed by atoms with E-state index in [0.717, 1.165) is 11.1 Å². The minimum Gasteiger partial charge on any atom is -0.308 e. The number of hydrogen-bond acceptors (Lipinski definition) is 3. The van der Waals surface area contributed by atoms with E-state index in [-0.39, 0.29) is 13.1 Å². The van der Waals surface area contributed by atoms with E-state index in [1.54, 1.807) is 24.3 Å². The highest BCUT2D eigenvalue weighted by Gasteiger charge is 2.21. The Bertz CT molecular complexity index is 846. The number of benzene rings is 2. The molecule has 0 saturated carbocycles. The molecular formula is C20H25FN2O2S. The normalized spacial score (nSPS) is 12.4. The fourth-order valence-electron chi connectivity index (χ4n) is 2.35. The van der Waals surface area contributed by atoms with Gasteiger partial charge in [-0.2, -0.15) is 4.31 Å². The van der Waals surface area contributed by atoms with Gasteiger partial charge in [-0.15, -0.1) is 0 Å². The summed E-state index contributed by atoms with van der Waals surface area (Å²) in [7, 11) is 0.0603. The smallest absolute Gasteiger partial charge is 0.236 e. The minimum absolute atomic E-state index is 0.00108. The van der Waals surface area contributed by atoms with E-state index in [4.69, 9.17) is 0 Å². The SMILES string of the molecule is Cc1ccc(/C=C/S(=O)(=O)N(CCN(C)C)Cc2ccccc2F)cc1. The Balaban J connectivity index is 2.24. The fraction of sp³-hybridized carbons (Fsp3) is 0.300. The third-order valence-corrected chi connectivity index (χ3v) is 5.48. The van der Waals surface area contributed by atoms with Crippen LogP contribution in [0.2, 0.25) is 0 Å². The van der Waals surface area contributed by atoms with Crippen LogP contribution in [0.25, 0.3) is 6.08 Å². The summed E-state index contributed by atoms with van der Waals surface area (Å²) in [6.45, 7) is 2.80. The Morgan fingerprint density at radius 2 is 1.65 bits per heavy atom. The second kappa shape index (κ2) is 9.07. The molecule has 0 radical (unpaired) electrons. The van der Waals surface area contributed by atoms with Gasteiger partial charge in [-0.05, 0) is 38.7 Å². The lowest BCUT2D eigenvalue weighted by molar-refractivity contribution is 0.329. The van der Waals surface area contributed by atoms with Gasteiger partial charge in [-0.25, -0.2) is 12.8 Å². The summed E-state index contributed by atoms with van der Waals surface area (Å²) >= 11 is 0. The van der Waals surface area contributed by atoms with Crippen molar-refractivity contribution in [1.29, 1.82) is 0 Å². The first-order valence-corrected chi connectivity index (χ1v) is 9.91. The molecule has 0 fully saturated rings. The molecule has 0 aliphatic carbocycles. The summed E-state index contributed by atoms with van der Waals surface area (Å²) < 4.78 is 40.9. The van der Waals surface area contributed by atoms with Crippen LogP contribution in [0.15, 0.2) is 53.9 Å². The lowest BCUT2D eigenvalue weighted by Crippen LogP contribution is -2.35. The van der Waals surface area contributed by atoms with Crippen LogP contribution >= 0.6 is 0 Å². The van der Waals surface area contributed by atoms with Crippen LogP contribution in [0.1, 0.15) is 16.7 Å². The average molecular weight is 376 g/mol. The van der Waals surface area contributed by atoms with Crippen LogP contribution < -0.4 is 0 Å². The monoisotopic (exact) mass is 376 g/mol. The molecule has 2 aromatic rings. The third-order valence-electron chi connectivity index (χ3n) is 3.97. The molecule has 4 nitrogen and oxygen atoms in total. The zero-order valence-electron chi connectivity index (χ0n) is 15.4. The van der Waals surface area contributed by atoms with E-state index < -0.39 is 15.8 Å². The largest absolute Gasteiger partial charge is 0.308 e. The van der Waals surface area contributed by atoms with Crippen molar-refractivity contribution < 1.29 is 12.8 Å². The summed E-state index contributed by atoms with van der Waals surface area (Å²) in [5.74, 6) is -0.403. The molecule has 0 saturated heterocycles. The molecule has 0 aliphatic heterocycles. The number of nitrogens with zero attached hydrogens (tertiary/aromatic N) is 2. The quantitative estimate of drug-likeness (QED) is 0.708. The Morgan fingerprint density at radius 3 is 2.27 bits per heavy atom. The molecule has 0 bridgehead atoms. The van der Waals surface area contributed by atoms with Crippen molar-refractivity contribution in [3.63, 3.8) is 0 Å². The van der Waals surface area contributed by atoms with Crippen LogP contribution in [-0.2, 0) is 16.6 Å². The van der Waals surface area contributed by atoms with Crippen LogP contribution in [0.4, 0.5) is 4.39 Å². The molecule has 0 heterocycles. The number of rotatable bonds is 8. The number of aryl methyl sites for hydroxylation is 1. The second-order valence-corrected chi connectivity index (χ2v) is 8.31. The lowest BCUT2D eigenvalue weighted by Gasteiger charge is -2.22. The molecule has 2 rings (SSSR count). The van der Waals surface area contributed by atoms with Crippen molar-refractivity contribution in [3.8, 4) is 0 Å². The number of hydrogen-bond donors (Lipinski definition) is 0. The second-order valence-electron chi connectivity index (χ2n) is 6.49. The molecule has 26 heavy (non-hydrogen) atoms. The summed E-state index contributed by atoms with van der Waals surface area (Å²) in [6.07, 6.45) is 1.57. The molecule has 0 aromatic heterocycles. The van der Waals surface area contributed by atoms with Crippen molar-refractivity contribution in [2.75, 3.05) is 27.2 Å². The van der Waals surface area contributed by atoms with E-state index >= 15 is 0 Å². The van der Waals surface area contributed by atoms with Crippen molar-refractivity contribution in [2.24, 2.45) is 0 Å². The average Bonchev–Trinajstić information content (AvgIpc) is 2.59. The first kappa shape index (κ1) is 20.3. The van der Waals surface area contributed by atoms with Gasteiger partial charge < -0.3 is 4.90 Å². The Hall–Kier alpha value is -2.02. The summed E-state index contributed by atoms with van der Waals surface area (Å²) in [4.78, 5) is 1.90. The minimum atomic E-state index is -3.68. The van der Waals surface area contributed by atoms with Gasteiger partial charge in [0, 0.05) is 30.6 Å². The van der Waals surface area contributed by atoms with Crippen molar-refractivity contribution >= 4 is 16.1 Å². The molecule has 0 atom stereocenters. The maximum absolute atomic E-state index is 14.0. The van der Waals surface area contributed by atoms with E-state index in [9.17, 15) is 12.8 Å². The molecule has 0 N–H and O–H groups in total. The highest BCUT2D eigenvalue weighted by atomic mass is 32.2. The van der Waals surface area contributed by atoms with E-state index in [2.05, 4.69) is 0 Å². The van der Waals surface area contributed by atoms with Crippen molar-refractivity contribution in [3.05, 3.63) is 76.4 Å². The van der Waals surface area contributed by atoms with Gasteiger partial charge in [0.25, 0.3) is 0 Å². The molecule has 0 unspecified atom stereocenters. The molecule has 0 amide bonds. The lowest BCUT2D eigenvalue weighted by atomic mass is 10.2. The molecule has 0 spiro atoms. The number of sulfonamides is 1. The topological polar surface area (TPSA) is 40.6 Å². The highest BCUT2D eigenvalue weighted by molar-refractivity contribution is 7.92. The molecule has 0 aliphatic rings. The van der Waals surface area contributed by atoms with Gasteiger partial charge in [0.05, 0.1) is 0 Å². The van der Waals surface area contributed by atoms with Gasteiger partial charge >= 0.3 is 0 Å². The molecule has 2 aromatic carbocycles. The summed E-state index contributed by atoms with van der Waals surface area (Å²) in [6, 6.07) is 13.8. The van der Waals surface area contributed by atoms with E-state index in [1.807, 2.05) is 50.2 Å². The standard InChI is InChI=1S/C20H25FN2O2S/c1-17-8-10-18(11-9-17)12-15-26(24,25)23(14-13-22(2)3)16-19-6-4-5-7-20(19)21/h4-12,15H,13-14,16H2,1-3H3/b15-12+. The first-order valence-electron chi connectivity index (χ1n) is 8.41. The van der Waals surface area contributed by atoms with Gasteiger partial charge in [0.15, 0.2) is 0 Å². The zero-order valence-corrected chi connectivity index (χ0v) is 16.2. The van der Waals surface area contributed by atoms with Crippen LogP contribution in [0.5, 0.6) is 0 Å². The van der Waals surface area contributed by atoms with Crippen molar-refractivity contribution in [2.45, 2.75) is 13.5 Å². The van der Waals surface area contributed by atoms with Crippen LogP contribution in [-0.4, -0.2) is 44.8 Å². The van der Waals surface area contributed by atoms with Gasteiger partial charge in [0.2, 0.25) is 10.0 Å². The molecule has 140 valence electrons. The predicted octanol–water partition coefficient (Wildman–Crippen LogP) is 3.50. The Kier molecular flexibility index (Phi) is 7.08. The maximum Gasteiger partial charge on any atom is 0.236 e. The predicted molar refractivity (Wildman–Crippen MR) is 104 cm³/mol.